The highest BCUT2D eigenvalue weighted by Crippen LogP contribution is 2.28. The van der Waals surface area contributed by atoms with Crippen LogP contribution in [0.5, 0.6) is 5.75 Å². The fourth-order valence-corrected chi connectivity index (χ4v) is 4.01. The Morgan fingerprint density at radius 1 is 0.676 bits per heavy atom. The molecule has 0 aliphatic heterocycles. The summed E-state index contributed by atoms with van der Waals surface area (Å²) in [6, 6.07) is 22.4. The molecule has 0 bridgehead atoms. The number of methoxy groups -OCH3 is 1. The summed E-state index contributed by atoms with van der Waals surface area (Å²) < 4.78 is 16.8. The standard InChI is InChI=1S/C30H32N2O5/c1-35-20-6-4-2-3-5-7-21-36-27-18-16-23(17-19-27)22-8-10-24(11-9-22)28-31-32-29(37-28)25-12-14-26(15-13-25)30(33)34/h8-19H,2-7,20-21H2,1H3,(H,33,34). The third-order valence-electron chi connectivity index (χ3n) is 6.13. The molecule has 0 fully saturated rings. The molecule has 0 unspecified atom stereocenters. The third-order valence-corrected chi connectivity index (χ3v) is 6.13. The molecule has 1 N–H and O–H groups in total. The number of hydrogen-bond acceptors (Lipinski definition) is 6. The van der Waals surface area contributed by atoms with Crippen LogP contribution in [0.3, 0.4) is 0 Å². The maximum absolute atomic E-state index is 11.0. The van der Waals surface area contributed by atoms with Gasteiger partial charge in [0.2, 0.25) is 11.8 Å². The van der Waals surface area contributed by atoms with E-state index in [2.05, 4.69) is 22.3 Å². The lowest BCUT2D eigenvalue weighted by Crippen LogP contribution is -1.97. The van der Waals surface area contributed by atoms with Crippen LogP contribution in [-0.4, -0.2) is 41.6 Å². The number of benzene rings is 3. The van der Waals surface area contributed by atoms with E-state index in [0.717, 1.165) is 48.5 Å². The lowest BCUT2D eigenvalue weighted by Gasteiger charge is -2.08. The maximum atomic E-state index is 11.0. The molecule has 1 aromatic heterocycles. The molecule has 7 nitrogen and oxygen atoms in total. The van der Waals surface area contributed by atoms with Crippen molar-refractivity contribution >= 4 is 5.97 Å². The van der Waals surface area contributed by atoms with E-state index in [1.807, 2.05) is 36.4 Å². The molecule has 4 aromatic rings. The van der Waals surface area contributed by atoms with E-state index in [4.69, 9.17) is 19.0 Å². The van der Waals surface area contributed by atoms with Crippen molar-refractivity contribution in [3.05, 3.63) is 78.4 Å². The van der Waals surface area contributed by atoms with Crippen LogP contribution in [0.2, 0.25) is 0 Å². The third kappa shape index (κ3) is 7.51. The van der Waals surface area contributed by atoms with Gasteiger partial charge in [0.25, 0.3) is 0 Å². The number of nitrogens with zero attached hydrogens (tertiary/aromatic N) is 2. The second-order valence-electron chi connectivity index (χ2n) is 8.86. The average molecular weight is 501 g/mol. The lowest BCUT2D eigenvalue weighted by molar-refractivity contribution is 0.0697. The molecule has 4 rings (SSSR count). The topological polar surface area (TPSA) is 94.7 Å². The Balaban J connectivity index is 1.27. The molecule has 0 amide bonds. The van der Waals surface area contributed by atoms with Crippen LogP contribution in [0.25, 0.3) is 34.0 Å². The lowest BCUT2D eigenvalue weighted by atomic mass is 10.0. The van der Waals surface area contributed by atoms with E-state index in [-0.39, 0.29) is 5.56 Å². The Kier molecular flexibility index (Phi) is 9.43. The Bertz CT molecular complexity index is 1250. The van der Waals surface area contributed by atoms with Crippen molar-refractivity contribution in [3.8, 4) is 39.8 Å². The average Bonchev–Trinajstić information content (AvgIpc) is 3.43. The normalized spacial score (nSPS) is 10.9. The van der Waals surface area contributed by atoms with Crippen molar-refractivity contribution in [1.82, 2.24) is 10.2 Å². The second-order valence-corrected chi connectivity index (χ2v) is 8.86. The largest absolute Gasteiger partial charge is 0.494 e. The highest BCUT2D eigenvalue weighted by molar-refractivity contribution is 5.88. The zero-order valence-electron chi connectivity index (χ0n) is 21.1. The molecule has 7 heteroatoms. The Morgan fingerprint density at radius 3 is 1.68 bits per heavy atom. The minimum Gasteiger partial charge on any atom is -0.494 e. The van der Waals surface area contributed by atoms with Gasteiger partial charge in [0.15, 0.2) is 0 Å². The monoisotopic (exact) mass is 500 g/mol. The van der Waals surface area contributed by atoms with Crippen molar-refractivity contribution in [2.75, 3.05) is 20.3 Å². The number of carbonyl (C=O) groups is 1. The number of carboxylic acids is 1. The van der Waals surface area contributed by atoms with Crippen molar-refractivity contribution < 1.29 is 23.8 Å². The van der Waals surface area contributed by atoms with Crippen molar-refractivity contribution in [3.63, 3.8) is 0 Å². The van der Waals surface area contributed by atoms with E-state index >= 15 is 0 Å². The summed E-state index contributed by atoms with van der Waals surface area (Å²) in [7, 11) is 1.75. The predicted molar refractivity (Wildman–Crippen MR) is 143 cm³/mol. The molecule has 1 heterocycles. The van der Waals surface area contributed by atoms with Crippen molar-refractivity contribution in [2.24, 2.45) is 0 Å². The molecule has 0 aliphatic carbocycles. The molecule has 0 radical (unpaired) electrons. The zero-order valence-corrected chi connectivity index (χ0v) is 21.1. The summed E-state index contributed by atoms with van der Waals surface area (Å²) in [6.07, 6.45) is 7.14. The van der Waals surface area contributed by atoms with Gasteiger partial charge in [0.05, 0.1) is 12.2 Å². The summed E-state index contributed by atoms with van der Waals surface area (Å²) in [6.45, 7) is 1.60. The Labute approximate surface area is 217 Å². The maximum Gasteiger partial charge on any atom is 0.335 e. The van der Waals surface area contributed by atoms with Gasteiger partial charge in [0, 0.05) is 24.8 Å². The number of ether oxygens (including phenoxy) is 2. The first-order chi connectivity index (χ1) is 18.1. The summed E-state index contributed by atoms with van der Waals surface area (Å²) in [5.41, 5.74) is 3.86. The molecule has 0 spiro atoms. The number of unbranched alkanes of at least 4 members (excludes halogenated alkanes) is 5. The number of aromatic nitrogens is 2. The summed E-state index contributed by atoms with van der Waals surface area (Å²) in [4.78, 5) is 11.0. The Hall–Kier alpha value is -3.97. The summed E-state index contributed by atoms with van der Waals surface area (Å²) >= 11 is 0. The molecular formula is C30H32N2O5. The molecular weight excluding hydrogens is 468 g/mol. The van der Waals surface area contributed by atoms with Gasteiger partial charge in [-0.2, -0.15) is 0 Å². The van der Waals surface area contributed by atoms with Gasteiger partial charge in [-0.15, -0.1) is 10.2 Å². The van der Waals surface area contributed by atoms with Gasteiger partial charge in [-0.05, 0) is 72.5 Å². The molecule has 0 saturated carbocycles. The van der Waals surface area contributed by atoms with E-state index in [1.54, 1.807) is 19.2 Å². The first-order valence-corrected chi connectivity index (χ1v) is 12.6. The molecule has 192 valence electrons. The summed E-state index contributed by atoms with van der Waals surface area (Å²) in [5, 5.41) is 17.3. The smallest absolute Gasteiger partial charge is 0.335 e. The van der Waals surface area contributed by atoms with Crippen LogP contribution in [0.1, 0.15) is 48.9 Å². The fourth-order valence-electron chi connectivity index (χ4n) is 4.01. The van der Waals surface area contributed by atoms with Crippen molar-refractivity contribution in [2.45, 2.75) is 38.5 Å². The van der Waals surface area contributed by atoms with Crippen LogP contribution in [0, 0.1) is 0 Å². The van der Waals surface area contributed by atoms with Gasteiger partial charge < -0.3 is 19.0 Å². The van der Waals surface area contributed by atoms with Crippen LogP contribution >= 0.6 is 0 Å². The highest BCUT2D eigenvalue weighted by Gasteiger charge is 2.12. The Morgan fingerprint density at radius 2 is 1.14 bits per heavy atom. The van der Waals surface area contributed by atoms with Crippen LogP contribution in [0.4, 0.5) is 0 Å². The number of hydrogen-bond donors (Lipinski definition) is 1. The fraction of sp³-hybridized carbons (Fsp3) is 0.300. The minimum atomic E-state index is -0.976. The van der Waals surface area contributed by atoms with E-state index in [0.29, 0.717) is 17.3 Å². The molecule has 0 aliphatic rings. The number of carboxylic acid groups (broad SMARTS) is 1. The predicted octanol–water partition coefficient (Wildman–Crippen LogP) is 7.13. The first kappa shape index (κ1) is 26.1. The molecule has 0 saturated heterocycles. The van der Waals surface area contributed by atoms with E-state index < -0.39 is 5.97 Å². The van der Waals surface area contributed by atoms with Crippen LogP contribution < -0.4 is 4.74 Å². The van der Waals surface area contributed by atoms with Crippen LogP contribution in [-0.2, 0) is 4.74 Å². The van der Waals surface area contributed by atoms with Gasteiger partial charge in [0.1, 0.15) is 5.75 Å². The SMILES string of the molecule is COCCCCCCCCOc1ccc(-c2ccc(-c3nnc(-c4ccc(C(=O)O)cc4)o3)cc2)cc1. The molecule has 0 atom stereocenters. The highest BCUT2D eigenvalue weighted by atomic mass is 16.5. The first-order valence-electron chi connectivity index (χ1n) is 12.6. The zero-order chi connectivity index (χ0) is 25.9. The quantitative estimate of drug-likeness (QED) is 0.184. The summed E-state index contributed by atoms with van der Waals surface area (Å²) in [5.74, 6) is 0.655. The van der Waals surface area contributed by atoms with E-state index in [1.165, 1.54) is 37.8 Å². The van der Waals surface area contributed by atoms with Gasteiger partial charge in [-0.3, -0.25) is 0 Å². The van der Waals surface area contributed by atoms with E-state index in [9.17, 15) is 4.79 Å². The van der Waals surface area contributed by atoms with Crippen molar-refractivity contribution in [1.29, 1.82) is 0 Å². The molecule has 3 aromatic carbocycles. The van der Waals surface area contributed by atoms with Crippen LogP contribution in [0.15, 0.2) is 77.2 Å². The second kappa shape index (κ2) is 13.4. The minimum absolute atomic E-state index is 0.207. The molecule has 37 heavy (non-hydrogen) atoms. The number of rotatable bonds is 14. The van der Waals surface area contributed by atoms with Gasteiger partial charge >= 0.3 is 5.97 Å². The van der Waals surface area contributed by atoms with Gasteiger partial charge in [-0.1, -0.05) is 49.9 Å². The number of aromatic carboxylic acids is 1. The van der Waals surface area contributed by atoms with Gasteiger partial charge in [-0.25, -0.2) is 4.79 Å².